The fraction of sp³-hybridized carbons (Fsp3) is 0.400. The first-order chi connectivity index (χ1) is 11.6. The first-order valence-corrected chi connectivity index (χ1v) is 8.51. The Bertz CT molecular complexity index is 717. The third kappa shape index (κ3) is 3.70. The van der Waals surface area contributed by atoms with Crippen molar-refractivity contribution < 1.29 is 13.9 Å². The van der Waals surface area contributed by atoms with Crippen molar-refractivity contribution in [3.05, 3.63) is 58.9 Å². The van der Waals surface area contributed by atoms with E-state index >= 15 is 0 Å². The number of benzene rings is 2. The van der Waals surface area contributed by atoms with E-state index in [-0.39, 0.29) is 18.0 Å². The molecular weight excluding hydrogens is 305 g/mol. The summed E-state index contributed by atoms with van der Waals surface area (Å²) >= 11 is 0. The monoisotopic (exact) mass is 329 g/mol. The maximum absolute atomic E-state index is 13.4. The van der Waals surface area contributed by atoms with Gasteiger partial charge >= 0.3 is 0 Å². The van der Waals surface area contributed by atoms with Crippen LogP contribution in [0.1, 0.15) is 43.5 Å². The van der Waals surface area contributed by atoms with Crippen LogP contribution in [-0.2, 0) is 13.0 Å². The van der Waals surface area contributed by atoms with Gasteiger partial charge in [0.15, 0.2) is 0 Å². The Hall–Kier alpha value is -2.07. The molecule has 0 saturated heterocycles. The Kier molecular flexibility index (Phi) is 5.05. The summed E-state index contributed by atoms with van der Waals surface area (Å²) in [6.45, 7) is 7.35. The minimum Gasteiger partial charge on any atom is -0.494 e. The largest absolute Gasteiger partial charge is 0.494 e. The molecule has 0 bridgehead atoms. The van der Waals surface area contributed by atoms with Gasteiger partial charge in [0.2, 0.25) is 0 Å². The first kappa shape index (κ1) is 16.8. The molecule has 0 saturated carbocycles. The zero-order valence-corrected chi connectivity index (χ0v) is 14.4. The summed E-state index contributed by atoms with van der Waals surface area (Å²) in [6, 6.07) is 10.9. The van der Waals surface area contributed by atoms with E-state index in [1.807, 2.05) is 19.9 Å². The van der Waals surface area contributed by atoms with Crippen LogP contribution in [0.4, 0.5) is 4.39 Å². The first-order valence-electron chi connectivity index (χ1n) is 8.51. The lowest BCUT2D eigenvalue weighted by Gasteiger charge is -2.17. The van der Waals surface area contributed by atoms with Crippen molar-refractivity contribution in [2.45, 2.75) is 45.9 Å². The summed E-state index contributed by atoms with van der Waals surface area (Å²) < 4.78 is 25.0. The van der Waals surface area contributed by atoms with Gasteiger partial charge in [0.1, 0.15) is 23.4 Å². The van der Waals surface area contributed by atoms with Crippen molar-refractivity contribution in [2.75, 3.05) is 6.61 Å². The van der Waals surface area contributed by atoms with Crippen LogP contribution < -0.4 is 14.8 Å². The van der Waals surface area contributed by atoms with Gasteiger partial charge in [0, 0.05) is 30.1 Å². The molecule has 0 amide bonds. The van der Waals surface area contributed by atoms with E-state index in [0.29, 0.717) is 13.2 Å². The van der Waals surface area contributed by atoms with Gasteiger partial charge in [0.05, 0.1) is 6.61 Å². The van der Waals surface area contributed by atoms with Crippen LogP contribution in [0.3, 0.4) is 0 Å². The lowest BCUT2D eigenvalue weighted by atomic mass is 10.0. The van der Waals surface area contributed by atoms with Gasteiger partial charge < -0.3 is 14.8 Å². The molecule has 0 radical (unpaired) electrons. The number of ether oxygens (including phenoxy) is 2. The molecule has 3 nitrogen and oxygen atoms in total. The quantitative estimate of drug-likeness (QED) is 0.852. The van der Waals surface area contributed by atoms with Crippen molar-refractivity contribution in [3.63, 3.8) is 0 Å². The zero-order valence-electron chi connectivity index (χ0n) is 14.4. The van der Waals surface area contributed by atoms with Crippen LogP contribution in [0.2, 0.25) is 0 Å². The van der Waals surface area contributed by atoms with Gasteiger partial charge in [-0.1, -0.05) is 12.1 Å². The van der Waals surface area contributed by atoms with Crippen LogP contribution in [-0.4, -0.2) is 12.7 Å². The molecule has 3 rings (SSSR count). The van der Waals surface area contributed by atoms with E-state index in [0.717, 1.165) is 29.0 Å². The van der Waals surface area contributed by atoms with Crippen LogP contribution in [0.5, 0.6) is 11.5 Å². The maximum Gasteiger partial charge on any atom is 0.124 e. The Morgan fingerprint density at radius 1 is 1.33 bits per heavy atom. The summed E-state index contributed by atoms with van der Waals surface area (Å²) in [5.41, 5.74) is 3.19. The van der Waals surface area contributed by atoms with Gasteiger partial charge in [-0.15, -0.1) is 0 Å². The van der Waals surface area contributed by atoms with Gasteiger partial charge in [-0.25, -0.2) is 4.39 Å². The minimum atomic E-state index is -0.212. The van der Waals surface area contributed by atoms with E-state index in [2.05, 4.69) is 24.4 Å². The van der Waals surface area contributed by atoms with Gasteiger partial charge in [-0.2, -0.15) is 0 Å². The molecule has 128 valence electrons. The van der Waals surface area contributed by atoms with E-state index in [4.69, 9.17) is 9.47 Å². The number of nitrogens with one attached hydrogen (secondary N) is 1. The molecule has 24 heavy (non-hydrogen) atoms. The molecule has 1 heterocycles. The third-order valence-corrected chi connectivity index (χ3v) is 4.33. The van der Waals surface area contributed by atoms with E-state index < -0.39 is 0 Å². The normalized spacial score (nSPS) is 17.2. The molecule has 0 aliphatic carbocycles. The topological polar surface area (TPSA) is 30.5 Å². The highest BCUT2D eigenvalue weighted by molar-refractivity contribution is 5.48. The fourth-order valence-electron chi connectivity index (χ4n) is 3.07. The molecular formula is C20H24FNO2. The van der Waals surface area contributed by atoms with Crippen molar-refractivity contribution >= 4 is 0 Å². The molecule has 2 atom stereocenters. The minimum absolute atomic E-state index is 0.0447. The van der Waals surface area contributed by atoms with E-state index in [9.17, 15) is 4.39 Å². The highest BCUT2D eigenvalue weighted by atomic mass is 19.1. The summed E-state index contributed by atoms with van der Waals surface area (Å²) in [4.78, 5) is 0. The molecule has 0 aromatic heterocycles. The predicted octanol–water partition coefficient (Wildman–Crippen LogP) is 4.40. The average Bonchev–Trinajstić information content (AvgIpc) is 2.91. The molecule has 1 aliphatic rings. The van der Waals surface area contributed by atoms with Gasteiger partial charge in [-0.05, 0) is 50.6 Å². The lowest BCUT2D eigenvalue weighted by Crippen LogP contribution is -2.19. The molecule has 1 aliphatic heterocycles. The van der Waals surface area contributed by atoms with E-state index in [1.54, 1.807) is 12.1 Å². The fourth-order valence-corrected chi connectivity index (χ4v) is 3.07. The van der Waals surface area contributed by atoms with Crippen LogP contribution in [0.15, 0.2) is 36.4 Å². The van der Waals surface area contributed by atoms with Gasteiger partial charge in [0.25, 0.3) is 0 Å². The standard InChI is InChI=1S/C20H24FNO2/c1-4-23-19-10-16-8-13(2)24-20(16)11-17(19)12-22-14(3)15-6-5-7-18(21)9-15/h5-7,9-11,13-14,22H,4,8,12H2,1-3H3. The van der Waals surface area contributed by atoms with Crippen LogP contribution >= 0.6 is 0 Å². The summed E-state index contributed by atoms with van der Waals surface area (Å²) in [5, 5.41) is 3.44. The SMILES string of the molecule is CCOc1cc2c(cc1CNC(C)c1cccc(F)c1)OC(C)C2. The van der Waals surface area contributed by atoms with Crippen molar-refractivity contribution in [3.8, 4) is 11.5 Å². The third-order valence-electron chi connectivity index (χ3n) is 4.33. The number of hydrogen-bond acceptors (Lipinski definition) is 3. The lowest BCUT2D eigenvalue weighted by molar-refractivity contribution is 0.254. The summed E-state index contributed by atoms with van der Waals surface area (Å²) in [5.74, 6) is 1.63. The van der Waals surface area contributed by atoms with Crippen LogP contribution in [0, 0.1) is 5.82 Å². The van der Waals surface area contributed by atoms with Crippen molar-refractivity contribution in [1.29, 1.82) is 0 Å². The predicted molar refractivity (Wildman–Crippen MR) is 93.1 cm³/mol. The zero-order chi connectivity index (χ0) is 17.1. The second-order valence-corrected chi connectivity index (χ2v) is 6.29. The molecule has 0 fully saturated rings. The van der Waals surface area contributed by atoms with Crippen LogP contribution in [0.25, 0.3) is 0 Å². The molecule has 2 aromatic carbocycles. The Labute approximate surface area is 142 Å². The molecule has 0 spiro atoms. The molecule has 1 N–H and O–H groups in total. The highest BCUT2D eigenvalue weighted by Gasteiger charge is 2.22. The van der Waals surface area contributed by atoms with E-state index in [1.165, 1.54) is 11.6 Å². The summed E-state index contributed by atoms with van der Waals surface area (Å²) in [6.07, 6.45) is 1.13. The second kappa shape index (κ2) is 7.22. The maximum atomic E-state index is 13.4. The van der Waals surface area contributed by atoms with Crippen molar-refractivity contribution in [1.82, 2.24) is 5.32 Å². The van der Waals surface area contributed by atoms with Gasteiger partial charge in [-0.3, -0.25) is 0 Å². The number of fused-ring (bicyclic) bond motifs is 1. The second-order valence-electron chi connectivity index (χ2n) is 6.29. The molecule has 2 aromatic rings. The molecule has 4 heteroatoms. The average molecular weight is 329 g/mol. The Balaban J connectivity index is 1.75. The smallest absolute Gasteiger partial charge is 0.124 e. The van der Waals surface area contributed by atoms with Crippen molar-refractivity contribution in [2.24, 2.45) is 0 Å². The summed E-state index contributed by atoms with van der Waals surface area (Å²) in [7, 11) is 0. The highest BCUT2D eigenvalue weighted by Crippen LogP contribution is 2.35. The Morgan fingerprint density at radius 2 is 2.17 bits per heavy atom. The number of rotatable bonds is 6. The number of hydrogen-bond donors (Lipinski definition) is 1. The number of halogens is 1. The molecule has 2 unspecified atom stereocenters. The Morgan fingerprint density at radius 3 is 2.92 bits per heavy atom.